The van der Waals surface area contributed by atoms with E-state index in [1.54, 1.807) is 31.2 Å². The lowest BCUT2D eigenvalue weighted by atomic mass is 9.85. The number of aryl methyl sites for hydroxylation is 1. The second-order valence-corrected chi connectivity index (χ2v) is 5.54. The minimum atomic E-state index is -1.23. The fourth-order valence-electron chi connectivity index (χ4n) is 2.35. The molecule has 0 aliphatic carbocycles. The molecule has 0 heterocycles. The Balaban J connectivity index is 2.35. The van der Waals surface area contributed by atoms with Gasteiger partial charge in [-0.3, -0.25) is 4.79 Å². The van der Waals surface area contributed by atoms with Gasteiger partial charge in [-0.05, 0) is 19.4 Å². The Labute approximate surface area is 129 Å². The SMILES string of the molecule is Cc1ccc(CC(C)(C(=O)c2ccccc2)N(N)OO)cc1. The molecule has 0 amide bonds. The molecule has 0 fully saturated rings. The standard InChI is InChI=1S/C17H20N2O3/c1-13-8-10-14(11-9-13)12-17(2,19(18)22-21)16(20)15-6-4-3-5-7-15/h3-11,21H,12,18H2,1-2H3. The van der Waals surface area contributed by atoms with Crippen molar-refractivity contribution in [3.8, 4) is 0 Å². The van der Waals surface area contributed by atoms with Crippen molar-refractivity contribution >= 4 is 5.78 Å². The van der Waals surface area contributed by atoms with Crippen LogP contribution >= 0.6 is 0 Å². The maximum absolute atomic E-state index is 12.8. The summed E-state index contributed by atoms with van der Waals surface area (Å²) in [7, 11) is 0. The maximum atomic E-state index is 12.8. The van der Waals surface area contributed by atoms with Gasteiger partial charge in [0.05, 0.1) is 0 Å². The van der Waals surface area contributed by atoms with E-state index in [0.717, 1.165) is 11.1 Å². The van der Waals surface area contributed by atoms with Gasteiger partial charge >= 0.3 is 0 Å². The Kier molecular flexibility index (Phi) is 5.05. The van der Waals surface area contributed by atoms with Crippen LogP contribution in [0.2, 0.25) is 0 Å². The molecule has 22 heavy (non-hydrogen) atoms. The summed E-state index contributed by atoms with van der Waals surface area (Å²) < 4.78 is 0. The Bertz CT molecular complexity index is 628. The molecule has 1 atom stereocenters. The van der Waals surface area contributed by atoms with Crippen molar-refractivity contribution in [1.29, 1.82) is 0 Å². The zero-order chi connectivity index (χ0) is 16.2. The van der Waals surface area contributed by atoms with Crippen molar-refractivity contribution in [2.75, 3.05) is 0 Å². The highest BCUT2D eigenvalue weighted by atomic mass is 17.2. The normalized spacial score (nSPS) is 13.9. The van der Waals surface area contributed by atoms with E-state index >= 15 is 0 Å². The fourth-order valence-corrected chi connectivity index (χ4v) is 2.35. The number of hydroxylamine groups is 1. The van der Waals surface area contributed by atoms with Crippen molar-refractivity contribution in [2.24, 2.45) is 5.84 Å². The molecule has 0 saturated heterocycles. The molecule has 0 aliphatic rings. The molecule has 116 valence electrons. The molecule has 0 aliphatic heterocycles. The van der Waals surface area contributed by atoms with Crippen LogP contribution in [0.4, 0.5) is 0 Å². The summed E-state index contributed by atoms with van der Waals surface area (Å²) in [5, 5.41) is 9.63. The number of hydrazine groups is 1. The number of carbonyl (C=O) groups excluding carboxylic acids is 1. The van der Waals surface area contributed by atoms with Crippen molar-refractivity contribution in [1.82, 2.24) is 5.17 Å². The molecule has 0 spiro atoms. The van der Waals surface area contributed by atoms with E-state index < -0.39 is 5.54 Å². The molecule has 2 rings (SSSR count). The molecule has 2 aromatic carbocycles. The molecule has 0 saturated carbocycles. The quantitative estimate of drug-likeness (QED) is 0.371. The number of rotatable bonds is 6. The smallest absolute Gasteiger partial charge is 0.187 e. The summed E-state index contributed by atoms with van der Waals surface area (Å²) in [6.45, 7) is 3.63. The van der Waals surface area contributed by atoms with Crippen molar-refractivity contribution in [3.63, 3.8) is 0 Å². The summed E-state index contributed by atoms with van der Waals surface area (Å²) >= 11 is 0. The molecular formula is C17H20N2O3. The van der Waals surface area contributed by atoms with E-state index in [0.29, 0.717) is 17.2 Å². The molecule has 2 aromatic rings. The minimum Gasteiger partial charge on any atom is -0.292 e. The largest absolute Gasteiger partial charge is 0.292 e. The van der Waals surface area contributed by atoms with Crippen LogP contribution in [0.3, 0.4) is 0 Å². The van der Waals surface area contributed by atoms with Gasteiger partial charge in [0.15, 0.2) is 5.78 Å². The lowest BCUT2D eigenvalue weighted by Gasteiger charge is -2.33. The van der Waals surface area contributed by atoms with E-state index in [4.69, 9.17) is 11.1 Å². The van der Waals surface area contributed by atoms with Gasteiger partial charge in [0.2, 0.25) is 0 Å². The van der Waals surface area contributed by atoms with Gasteiger partial charge in [0, 0.05) is 12.0 Å². The number of ketones is 1. The van der Waals surface area contributed by atoms with E-state index in [9.17, 15) is 4.79 Å². The second-order valence-electron chi connectivity index (χ2n) is 5.54. The van der Waals surface area contributed by atoms with E-state index in [1.807, 2.05) is 37.3 Å². The predicted molar refractivity (Wildman–Crippen MR) is 83.8 cm³/mol. The Hall–Kier alpha value is -2.05. The van der Waals surface area contributed by atoms with Gasteiger partial charge in [-0.25, -0.2) is 11.1 Å². The van der Waals surface area contributed by atoms with E-state index in [-0.39, 0.29) is 5.78 Å². The van der Waals surface area contributed by atoms with Crippen LogP contribution in [-0.2, 0) is 11.4 Å². The predicted octanol–water partition coefficient (Wildman–Crippen LogP) is 2.76. The molecule has 5 heteroatoms. The van der Waals surface area contributed by atoms with Crippen LogP contribution in [0.1, 0.15) is 28.4 Å². The first-order valence-electron chi connectivity index (χ1n) is 6.99. The minimum absolute atomic E-state index is 0.231. The van der Waals surface area contributed by atoms with E-state index in [1.165, 1.54) is 0 Å². The number of Topliss-reactive ketones (excluding diaryl/α,β-unsaturated/α-hetero) is 1. The lowest BCUT2D eigenvalue weighted by molar-refractivity contribution is -0.418. The molecular weight excluding hydrogens is 280 g/mol. The van der Waals surface area contributed by atoms with Crippen LogP contribution in [-0.4, -0.2) is 21.8 Å². The van der Waals surface area contributed by atoms with Crippen LogP contribution in [0.5, 0.6) is 0 Å². The summed E-state index contributed by atoms with van der Waals surface area (Å²) in [5.74, 6) is 5.48. The Morgan fingerprint density at radius 3 is 2.32 bits per heavy atom. The monoisotopic (exact) mass is 300 g/mol. The second kappa shape index (κ2) is 6.81. The van der Waals surface area contributed by atoms with Crippen LogP contribution in [0.25, 0.3) is 0 Å². The zero-order valence-electron chi connectivity index (χ0n) is 12.7. The van der Waals surface area contributed by atoms with Crippen LogP contribution < -0.4 is 5.84 Å². The van der Waals surface area contributed by atoms with Crippen LogP contribution in [0.15, 0.2) is 54.6 Å². The third-order valence-corrected chi connectivity index (χ3v) is 3.77. The zero-order valence-corrected chi connectivity index (χ0v) is 12.7. The Morgan fingerprint density at radius 2 is 1.77 bits per heavy atom. The molecule has 0 bridgehead atoms. The fraction of sp³-hybridized carbons (Fsp3) is 0.235. The van der Waals surface area contributed by atoms with Gasteiger partial charge in [0.25, 0.3) is 0 Å². The number of nitrogens with two attached hydrogens (primary N) is 1. The first kappa shape index (κ1) is 16.3. The highest BCUT2D eigenvalue weighted by Gasteiger charge is 2.40. The number of carbonyl (C=O) groups is 1. The number of hydrogen-bond donors (Lipinski definition) is 2. The number of benzene rings is 2. The third kappa shape index (κ3) is 3.40. The van der Waals surface area contributed by atoms with Gasteiger partial charge < -0.3 is 0 Å². The van der Waals surface area contributed by atoms with E-state index in [2.05, 4.69) is 4.99 Å². The van der Waals surface area contributed by atoms with Crippen molar-refractivity contribution < 1.29 is 15.0 Å². The van der Waals surface area contributed by atoms with Gasteiger partial charge in [-0.1, -0.05) is 65.3 Å². The first-order chi connectivity index (χ1) is 10.5. The van der Waals surface area contributed by atoms with Crippen LogP contribution in [0, 0.1) is 6.92 Å². The molecule has 1 unspecified atom stereocenters. The summed E-state index contributed by atoms with van der Waals surface area (Å²) in [6, 6.07) is 16.6. The maximum Gasteiger partial charge on any atom is 0.187 e. The average Bonchev–Trinajstić information content (AvgIpc) is 2.56. The molecule has 0 aromatic heterocycles. The average molecular weight is 300 g/mol. The third-order valence-electron chi connectivity index (χ3n) is 3.77. The molecule has 3 N–H and O–H groups in total. The Morgan fingerprint density at radius 1 is 1.18 bits per heavy atom. The number of hydrogen-bond acceptors (Lipinski definition) is 5. The highest BCUT2D eigenvalue weighted by molar-refractivity contribution is 6.03. The topological polar surface area (TPSA) is 75.8 Å². The lowest BCUT2D eigenvalue weighted by Crippen LogP contribution is -2.57. The number of nitrogens with zero attached hydrogens (tertiary/aromatic N) is 1. The highest BCUT2D eigenvalue weighted by Crippen LogP contribution is 2.24. The first-order valence-corrected chi connectivity index (χ1v) is 6.99. The van der Waals surface area contributed by atoms with Gasteiger partial charge in [-0.2, -0.15) is 0 Å². The molecule has 0 radical (unpaired) electrons. The summed E-state index contributed by atoms with van der Waals surface area (Å²) in [6.07, 6.45) is 0.304. The summed E-state index contributed by atoms with van der Waals surface area (Å²) in [4.78, 5) is 17.0. The molecule has 5 nitrogen and oxygen atoms in total. The van der Waals surface area contributed by atoms with Crippen molar-refractivity contribution in [2.45, 2.75) is 25.8 Å². The van der Waals surface area contributed by atoms with Gasteiger partial charge in [-0.15, -0.1) is 4.99 Å². The van der Waals surface area contributed by atoms with Crippen molar-refractivity contribution in [3.05, 3.63) is 71.3 Å². The van der Waals surface area contributed by atoms with Gasteiger partial charge in [0.1, 0.15) is 5.54 Å². The summed E-state index contributed by atoms with van der Waals surface area (Å²) in [5.41, 5.74) is 1.32.